The van der Waals surface area contributed by atoms with E-state index in [9.17, 15) is 17.6 Å². The molecule has 0 fully saturated rings. The third-order valence-electron chi connectivity index (χ3n) is 6.89. The third kappa shape index (κ3) is 12.5. The molecule has 0 radical (unpaired) electrons. The van der Waals surface area contributed by atoms with E-state index in [1.807, 2.05) is 71.6 Å². The van der Waals surface area contributed by atoms with Crippen molar-refractivity contribution in [3.63, 3.8) is 0 Å². The van der Waals surface area contributed by atoms with Gasteiger partial charge in [-0.3, -0.25) is 12.2 Å². The molecule has 0 amide bonds. The molecule has 0 N–H and O–H groups in total. The van der Waals surface area contributed by atoms with Gasteiger partial charge in [0.2, 0.25) is 0 Å². The first-order valence-electron chi connectivity index (χ1n) is 15.5. The van der Waals surface area contributed by atoms with Crippen molar-refractivity contribution in [3.8, 4) is 11.4 Å². The monoisotopic (exact) mass is 674 g/mol. The summed E-state index contributed by atoms with van der Waals surface area (Å²) in [5, 5.41) is 0. The summed E-state index contributed by atoms with van der Waals surface area (Å²) < 4.78 is 57.0. The molecular formula is C40H42F4N2Ti. The van der Waals surface area contributed by atoms with E-state index in [1.165, 1.54) is 24.3 Å². The normalized spacial score (nSPS) is 12.3. The molecule has 2 aliphatic rings. The zero-order valence-electron chi connectivity index (χ0n) is 28.0. The standard InChI is InChI=1S/2C15H16F2N.2C5H5.Ti/c2*1-10(2)8-13-6-4-11(3)18(13)15-7-5-12(16)9-14(15)17;2*1-2-4-5-3-1;/h2*4-7,10H,8H2,1-3H3;2*1-3H,4H2;/q4*-1;+4. The van der Waals surface area contributed by atoms with E-state index in [-0.39, 0.29) is 21.7 Å². The van der Waals surface area contributed by atoms with E-state index in [4.69, 9.17) is 0 Å². The van der Waals surface area contributed by atoms with Crippen LogP contribution in [0.25, 0.3) is 11.4 Å². The van der Waals surface area contributed by atoms with Crippen LogP contribution in [0, 0.1) is 73.2 Å². The summed E-state index contributed by atoms with van der Waals surface area (Å²) in [6.45, 7) is 12.3. The molecule has 2 aromatic carbocycles. The largest absolute Gasteiger partial charge is 4.00 e. The molecule has 4 aromatic rings. The molecule has 2 aromatic heterocycles. The van der Waals surface area contributed by atoms with Crippen LogP contribution in [-0.2, 0) is 34.6 Å². The van der Waals surface area contributed by atoms with Gasteiger partial charge in [0, 0.05) is 46.0 Å². The van der Waals surface area contributed by atoms with Gasteiger partial charge in [0.05, 0.1) is 0 Å². The van der Waals surface area contributed by atoms with Crippen LogP contribution in [0.5, 0.6) is 0 Å². The van der Waals surface area contributed by atoms with Gasteiger partial charge in [-0.15, -0.1) is 49.2 Å². The Hall–Kier alpha value is -3.61. The Balaban J connectivity index is 0.000000248. The molecule has 6 rings (SSSR count). The fourth-order valence-corrected chi connectivity index (χ4v) is 4.93. The predicted octanol–water partition coefficient (Wildman–Crippen LogP) is 10.7. The average molecular weight is 675 g/mol. The second kappa shape index (κ2) is 19.9. The third-order valence-corrected chi connectivity index (χ3v) is 6.89. The molecule has 244 valence electrons. The van der Waals surface area contributed by atoms with E-state index in [0.29, 0.717) is 23.2 Å². The van der Waals surface area contributed by atoms with Crippen molar-refractivity contribution < 1.29 is 39.3 Å². The maximum absolute atomic E-state index is 13.8. The van der Waals surface area contributed by atoms with Gasteiger partial charge in [-0.2, -0.15) is 12.2 Å². The zero-order chi connectivity index (χ0) is 33.6. The fraction of sp³-hybridized carbons (Fsp3) is 0.300. The Morgan fingerprint density at radius 2 is 0.979 bits per heavy atom. The van der Waals surface area contributed by atoms with Crippen molar-refractivity contribution in [2.45, 2.75) is 67.2 Å². The molecule has 47 heavy (non-hydrogen) atoms. The minimum Gasteiger partial charge on any atom is -0.370 e. The molecular weight excluding hydrogens is 632 g/mol. The first-order valence-corrected chi connectivity index (χ1v) is 15.5. The molecule has 2 heterocycles. The summed E-state index contributed by atoms with van der Waals surface area (Å²) in [5.41, 5.74) is 4.64. The van der Waals surface area contributed by atoms with Crippen molar-refractivity contribution in [2.24, 2.45) is 11.8 Å². The van der Waals surface area contributed by atoms with Crippen molar-refractivity contribution in [3.05, 3.63) is 155 Å². The molecule has 0 bridgehead atoms. The summed E-state index contributed by atoms with van der Waals surface area (Å²) in [6, 6.07) is 17.4. The molecule has 0 atom stereocenters. The molecule has 0 saturated carbocycles. The molecule has 2 aliphatic carbocycles. The maximum atomic E-state index is 13.8. The van der Waals surface area contributed by atoms with E-state index in [1.54, 1.807) is 0 Å². The number of halogens is 4. The summed E-state index contributed by atoms with van der Waals surface area (Å²) in [4.78, 5) is 0. The summed E-state index contributed by atoms with van der Waals surface area (Å²) in [7, 11) is 0. The first kappa shape index (κ1) is 39.6. The van der Waals surface area contributed by atoms with Gasteiger partial charge in [0.15, 0.2) is 0 Å². The van der Waals surface area contributed by atoms with E-state index in [2.05, 4.69) is 64.1 Å². The van der Waals surface area contributed by atoms with Crippen molar-refractivity contribution in [1.82, 2.24) is 9.13 Å². The van der Waals surface area contributed by atoms with Gasteiger partial charge in [-0.1, -0.05) is 27.7 Å². The Morgan fingerprint density at radius 3 is 1.23 bits per heavy atom. The molecule has 0 aliphatic heterocycles. The second-order valence-corrected chi connectivity index (χ2v) is 11.8. The van der Waals surface area contributed by atoms with Gasteiger partial charge >= 0.3 is 21.7 Å². The number of allylic oxidation sites excluding steroid dienone is 8. The molecule has 0 spiro atoms. The number of aromatic nitrogens is 2. The number of nitrogens with zero attached hydrogens (tertiary/aromatic N) is 2. The van der Waals surface area contributed by atoms with Crippen LogP contribution in [0.15, 0.2) is 85.0 Å². The van der Waals surface area contributed by atoms with Gasteiger partial charge in [-0.25, -0.2) is 41.9 Å². The van der Waals surface area contributed by atoms with E-state index in [0.717, 1.165) is 48.5 Å². The van der Waals surface area contributed by atoms with Crippen LogP contribution in [0.1, 0.15) is 63.3 Å². The first-order chi connectivity index (χ1) is 22.0. The van der Waals surface area contributed by atoms with Crippen molar-refractivity contribution in [2.75, 3.05) is 0 Å². The SMILES string of the molecule is Cc1ccc(CC(C)C)n1-c1ccc(F)[c-]c1F.Cc1ccc(CC(C)C)n1-c1ccc(F)[c-]c1F.[C-]1=CC=CC1.[C-]1=CC=CC1.[Ti+4]. The summed E-state index contributed by atoms with van der Waals surface area (Å²) in [5.74, 6) is -1.70. The molecule has 2 nitrogen and oxygen atoms in total. The second-order valence-electron chi connectivity index (χ2n) is 11.8. The summed E-state index contributed by atoms with van der Waals surface area (Å²) in [6.07, 6.45) is 21.7. The fourth-order valence-electron chi connectivity index (χ4n) is 4.93. The number of hydrogen-bond donors (Lipinski definition) is 0. The average Bonchev–Trinajstić information content (AvgIpc) is 3.82. The Bertz CT molecular complexity index is 1530. The quantitative estimate of drug-likeness (QED) is 0.109. The Morgan fingerprint density at radius 1 is 0.596 bits per heavy atom. The van der Waals surface area contributed by atoms with Crippen molar-refractivity contribution in [1.29, 1.82) is 0 Å². The number of rotatable bonds is 6. The number of hydrogen-bond acceptors (Lipinski definition) is 0. The van der Waals surface area contributed by atoms with E-state index < -0.39 is 23.3 Å². The predicted molar refractivity (Wildman–Crippen MR) is 179 cm³/mol. The minimum atomic E-state index is -0.675. The van der Waals surface area contributed by atoms with Crippen LogP contribution in [-0.4, -0.2) is 9.13 Å². The van der Waals surface area contributed by atoms with Crippen LogP contribution in [0.3, 0.4) is 0 Å². The Labute approximate surface area is 293 Å². The van der Waals surface area contributed by atoms with Crippen LogP contribution in [0.4, 0.5) is 17.6 Å². The zero-order valence-corrected chi connectivity index (χ0v) is 29.5. The summed E-state index contributed by atoms with van der Waals surface area (Å²) >= 11 is 0. The van der Waals surface area contributed by atoms with Crippen LogP contribution in [0.2, 0.25) is 0 Å². The van der Waals surface area contributed by atoms with Crippen LogP contribution >= 0.6 is 0 Å². The number of benzene rings is 2. The number of aryl methyl sites for hydroxylation is 2. The smallest absolute Gasteiger partial charge is 0.370 e. The maximum Gasteiger partial charge on any atom is 4.00 e. The minimum absolute atomic E-state index is 0. The molecule has 0 saturated heterocycles. The van der Waals surface area contributed by atoms with Gasteiger partial charge < -0.3 is 9.13 Å². The van der Waals surface area contributed by atoms with Gasteiger partial charge in [-0.05, 0) is 74.2 Å². The topological polar surface area (TPSA) is 9.86 Å². The molecule has 0 unspecified atom stereocenters. The van der Waals surface area contributed by atoms with Crippen LogP contribution < -0.4 is 0 Å². The Kier molecular flexibility index (Phi) is 16.8. The van der Waals surface area contributed by atoms with Gasteiger partial charge in [0.1, 0.15) is 0 Å². The van der Waals surface area contributed by atoms with Crippen molar-refractivity contribution >= 4 is 0 Å². The van der Waals surface area contributed by atoms with Gasteiger partial charge in [0.25, 0.3) is 0 Å². The molecule has 7 heteroatoms. The van der Waals surface area contributed by atoms with E-state index >= 15 is 0 Å².